The van der Waals surface area contributed by atoms with Crippen molar-refractivity contribution in [1.29, 1.82) is 0 Å². The summed E-state index contributed by atoms with van der Waals surface area (Å²) >= 11 is 0. The second-order valence-electron chi connectivity index (χ2n) is 6.31. The molecule has 1 aromatic carbocycles. The average molecular weight is 366 g/mol. The zero-order valence-corrected chi connectivity index (χ0v) is 15.6. The molecule has 0 saturated heterocycles. The highest BCUT2D eigenvalue weighted by Gasteiger charge is 2.18. The SMILES string of the molecule is CCc1cc(=O)oc2c(C)c(O[C@H](C)C(=O)NCc3ccccn3)ccc12. The number of aryl methyl sites for hydroxylation is 2. The average Bonchev–Trinajstić information content (AvgIpc) is 2.68. The van der Waals surface area contributed by atoms with Crippen molar-refractivity contribution in [2.75, 3.05) is 0 Å². The number of pyridine rings is 1. The second kappa shape index (κ2) is 8.03. The number of aromatic nitrogens is 1. The van der Waals surface area contributed by atoms with Gasteiger partial charge in [0.05, 0.1) is 12.2 Å². The molecule has 2 aromatic heterocycles. The summed E-state index contributed by atoms with van der Waals surface area (Å²) in [4.78, 5) is 28.3. The fraction of sp³-hybridized carbons (Fsp3) is 0.286. The van der Waals surface area contributed by atoms with Gasteiger partial charge in [0.15, 0.2) is 6.10 Å². The van der Waals surface area contributed by atoms with Crippen molar-refractivity contribution in [2.24, 2.45) is 0 Å². The fourth-order valence-electron chi connectivity index (χ4n) is 2.90. The summed E-state index contributed by atoms with van der Waals surface area (Å²) in [6, 6.07) is 10.7. The van der Waals surface area contributed by atoms with Crippen LogP contribution in [0.3, 0.4) is 0 Å². The van der Waals surface area contributed by atoms with Crippen LogP contribution in [0.4, 0.5) is 0 Å². The molecule has 1 atom stereocenters. The zero-order valence-electron chi connectivity index (χ0n) is 15.6. The molecule has 0 fully saturated rings. The largest absolute Gasteiger partial charge is 0.480 e. The van der Waals surface area contributed by atoms with E-state index >= 15 is 0 Å². The van der Waals surface area contributed by atoms with Crippen LogP contribution in [-0.4, -0.2) is 17.0 Å². The monoisotopic (exact) mass is 366 g/mol. The van der Waals surface area contributed by atoms with Crippen LogP contribution in [0.2, 0.25) is 0 Å². The Hall–Kier alpha value is -3.15. The van der Waals surface area contributed by atoms with Gasteiger partial charge in [-0.3, -0.25) is 9.78 Å². The van der Waals surface area contributed by atoms with Crippen molar-refractivity contribution in [2.45, 2.75) is 39.8 Å². The Morgan fingerprint density at radius 2 is 2.11 bits per heavy atom. The maximum absolute atomic E-state index is 12.3. The number of benzene rings is 1. The normalized spacial score (nSPS) is 12.0. The first-order chi connectivity index (χ1) is 13.0. The predicted octanol–water partition coefficient (Wildman–Crippen LogP) is 3.14. The van der Waals surface area contributed by atoms with Crippen LogP contribution >= 0.6 is 0 Å². The lowest BCUT2D eigenvalue weighted by Crippen LogP contribution is -2.36. The Bertz CT molecular complexity index is 1010. The fourth-order valence-corrected chi connectivity index (χ4v) is 2.90. The van der Waals surface area contributed by atoms with Gasteiger partial charge in [0.2, 0.25) is 0 Å². The number of carbonyl (C=O) groups excluding carboxylic acids is 1. The summed E-state index contributed by atoms with van der Waals surface area (Å²) in [5.74, 6) is 0.267. The number of nitrogens with zero attached hydrogens (tertiary/aromatic N) is 1. The van der Waals surface area contributed by atoms with Gasteiger partial charge < -0.3 is 14.5 Å². The summed E-state index contributed by atoms with van der Waals surface area (Å²) in [5, 5.41) is 3.69. The lowest BCUT2D eigenvalue weighted by molar-refractivity contribution is -0.127. The third kappa shape index (κ3) is 4.16. The molecule has 2 heterocycles. The smallest absolute Gasteiger partial charge is 0.336 e. The van der Waals surface area contributed by atoms with Crippen molar-refractivity contribution in [3.63, 3.8) is 0 Å². The predicted molar refractivity (Wildman–Crippen MR) is 103 cm³/mol. The number of hydrogen-bond donors (Lipinski definition) is 1. The molecule has 0 unspecified atom stereocenters. The van der Waals surface area contributed by atoms with E-state index in [1.165, 1.54) is 6.07 Å². The molecule has 0 aliphatic heterocycles. The highest BCUT2D eigenvalue weighted by molar-refractivity contribution is 5.85. The van der Waals surface area contributed by atoms with Crippen molar-refractivity contribution < 1.29 is 13.9 Å². The second-order valence-corrected chi connectivity index (χ2v) is 6.31. The van der Waals surface area contributed by atoms with Crippen LogP contribution in [0.15, 0.2) is 51.8 Å². The summed E-state index contributed by atoms with van der Waals surface area (Å²) in [5.41, 5.74) is 2.51. The lowest BCUT2D eigenvalue weighted by Gasteiger charge is -2.17. The van der Waals surface area contributed by atoms with Gasteiger partial charge in [-0.05, 0) is 50.1 Å². The van der Waals surface area contributed by atoms with Gasteiger partial charge in [-0.2, -0.15) is 0 Å². The van der Waals surface area contributed by atoms with E-state index in [-0.39, 0.29) is 11.5 Å². The number of hydrogen-bond acceptors (Lipinski definition) is 5. The Morgan fingerprint density at radius 1 is 1.30 bits per heavy atom. The van der Waals surface area contributed by atoms with E-state index in [0.29, 0.717) is 23.4 Å². The molecule has 140 valence electrons. The molecule has 3 rings (SSSR count). The summed E-state index contributed by atoms with van der Waals surface area (Å²) in [7, 11) is 0. The van der Waals surface area contributed by atoms with Gasteiger partial charge >= 0.3 is 5.63 Å². The van der Waals surface area contributed by atoms with E-state index in [1.54, 1.807) is 19.2 Å². The van der Waals surface area contributed by atoms with Gasteiger partial charge in [0.1, 0.15) is 11.3 Å². The molecular weight excluding hydrogens is 344 g/mol. The molecule has 0 saturated carbocycles. The maximum atomic E-state index is 12.3. The van der Waals surface area contributed by atoms with Crippen LogP contribution in [0.5, 0.6) is 5.75 Å². The van der Waals surface area contributed by atoms with Crippen molar-refractivity contribution in [3.05, 3.63) is 69.8 Å². The minimum absolute atomic E-state index is 0.246. The topological polar surface area (TPSA) is 81.4 Å². The number of amides is 1. The summed E-state index contributed by atoms with van der Waals surface area (Å²) in [6.07, 6.45) is 1.71. The molecule has 0 radical (unpaired) electrons. The van der Waals surface area contributed by atoms with E-state index < -0.39 is 6.10 Å². The van der Waals surface area contributed by atoms with Crippen molar-refractivity contribution in [3.8, 4) is 5.75 Å². The Labute approximate surface area is 157 Å². The van der Waals surface area contributed by atoms with Gasteiger partial charge in [-0.25, -0.2) is 4.79 Å². The van der Waals surface area contributed by atoms with Crippen LogP contribution in [-0.2, 0) is 17.8 Å². The molecular formula is C21H22N2O4. The lowest BCUT2D eigenvalue weighted by atomic mass is 10.0. The Morgan fingerprint density at radius 3 is 2.81 bits per heavy atom. The number of fused-ring (bicyclic) bond motifs is 1. The number of carbonyl (C=O) groups is 1. The minimum atomic E-state index is -0.703. The van der Waals surface area contributed by atoms with Gasteiger partial charge in [0.25, 0.3) is 5.91 Å². The number of rotatable bonds is 6. The highest BCUT2D eigenvalue weighted by Crippen LogP contribution is 2.29. The quantitative estimate of drug-likeness (QED) is 0.678. The number of ether oxygens (including phenoxy) is 1. The Kier molecular flexibility index (Phi) is 5.54. The Balaban J connectivity index is 1.76. The van der Waals surface area contributed by atoms with Gasteiger partial charge in [-0.15, -0.1) is 0 Å². The first-order valence-electron chi connectivity index (χ1n) is 8.90. The van der Waals surface area contributed by atoms with E-state index in [1.807, 2.05) is 38.1 Å². The van der Waals surface area contributed by atoms with Gasteiger partial charge in [-0.1, -0.05) is 13.0 Å². The molecule has 0 aliphatic carbocycles. The van der Waals surface area contributed by atoms with E-state index in [4.69, 9.17) is 9.15 Å². The maximum Gasteiger partial charge on any atom is 0.336 e. The molecule has 6 nitrogen and oxygen atoms in total. The van der Waals surface area contributed by atoms with Crippen LogP contribution in [0, 0.1) is 6.92 Å². The summed E-state index contributed by atoms with van der Waals surface area (Å²) in [6.45, 7) is 5.81. The van der Waals surface area contributed by atoms with E-state index in [0.717, 1.165) is 23.1 Å². The highest BCUT2D eigenvalue weighted by atomic mass is 16.5. The molecule has 27 heavy (non-hydrogen) atoms. The first-order valence-corrected chi connectivity index (χ1v) is 8.90. The summed E-state index contributed by atoms with van der Waals surface area (Å²) < 4.78 is 11.2. The zero-order chi connectivity index (χ0) is 19.4. The molecule has 3 aromatic rings. The molecule has 0 bridgehead atoms. The molecule has 0 spiro atoms. The van der Waals surface area contributed by atoms with Crippen LogP contribution < -0.4 is 15.7 Å². The van der Waals surface area contributed by atoms with Crippen molar-refractivity contribution in [1.82, 2.24) is 10.3 Å². The van der Waals surface area contributed by atoms with E-state index in [2.05, 4.69) is 10.3 Å². The number of nitrogens with one attached hydrogen (secondary N) is 1. The first kappa shape index (κ1) is 18.6. The van der Waals surface area contributed by atoms with Crippen LogP contribution in [0.1, 0.15) is 30.7 Å². The standard InChI is InChI=1S/C21H22N2O4/c1-4-15-11-19(24)27-20-13(2)18(9-8-17(15)20)26-14(3)21(25)23-12-16-7-5-6-10-22-16/h5-11,14H,4,12H2,1-3H3,(H,23,25)/t14-/m1/s1. The molecule has 1 N–H and O–H groups in total. The molecule has 6 heteroatoms. The minimum Gasteiger partial charge on any atom is -0.480 e. The third-order valence-electron chi connectivity index (χ3n) is 4.42. The van der Waals surface area contributed by atoms with Gasteiger partial charge in [0, 0.05) is 23.2 Å². The third-order valence-corrected chi connectivity index (χ3v) is 4.42. The molecule has 0 aliphatic rings. The van der Waals surface area contributed by atoms with Crippen molar-refractivity contribution >= 4 is 16.9 Å². The van der Waals surface area contributed by atoms with E-state index in [9.17, 15) is 9.59 Å². The van der Waals surface area contributed by atoms with Crippen LogP contribution in [0.25, 0.3) is 11.0 Å². The molecule has 1 amide bonds.